The van der Waals surface area contributed by atoms with E-state index >= 15 is 0 Å². The number of H-pyrrole nitrogens is 1. The molecule has 1 fully saturated rings. The molecule has 3 nitrogen and oxygen atoms in total. The molecule has 4 heteroatoms. The third-order valence-corrected chi connectivity index (χ3v) is 5.64. The molecule has 1 aliphatic heterocycles. The average Bonchev–Trinajstić information content (AvgIpc) is 3.19. The molecule has 0 aliphatic carbocycles. The number of piperidine rings is 1. The summed E-state index contributed by atoms with van der Waals surface area (Å²) >= 11 is 0. The molecule has 4 rings (SSSR count). The number of nitrogens with one attached hydrogen (secondary N) is 1. The quantitative estimate of drug-likeness (QED) is 0.676. The van der Waals surface area contributed by atoms with Crippen molar-refractivity contribution in [1.29, 1.82) is 0 Å². The molecule has 140 valence electrons. The van der Waals surface area contributed by atoms with Gasteiger partial charge in [0, 0.05) is 30.3 Å². The van der Waals surface area contributed by atoms with Crippen molar-refractivity contribution < 1.29 is 4.39 Å². The maximum atomic E-state index is 13.3. The number of rotatable bonds is 5. The lowest BCUT2D eigenvalue weighted by molar-refractivity contribution is 0.197. The Morgan fingerprint density at radius 1 is 1.15 bits per heavy atom. The highest BCUT2D eigenvalue weighted by molar-refractivity contribution is 5.65. The summed E-state index contributed by atoms with van der Waals surface area (Å²) in [6, 6.07) is 17.4. The Labute approximate surface area is 160 Å². The number of benzene rings is 2. The van der Waals surface area contributed by atoms with E-state index in [9.17, 15) is 4.39 Å². The minimum atomic E-state index is -0.206. The highest BCUT2D eigenvalue weighted by Crippen LogP contribution is 2.33. The average molecular weight is 363 g/mol. The van der Waals surface area contributed by atoms with Gasteiger partial charge < -0.3 is 4.90 Å². The first-order valence-corrected chi connectivity index (χ1v) is 9.77. The molecule has 3 aromatic rings. The summed E-state index contributed by atoms with van der Waals surface area (Å²) in [4.78, 5) is 2.57. The van der Waals surface area contributed by atoms with E-state index in [0.29, 0.717) is 11.8 Å². The normalized spacial score (nSPS) is 19.1. The van der Waals surface area contributed by atoms with Crippen LogP contribution in [0.4, 0.5) is 4.39 Å². The van der Waals surface area contributed by atoms with Gasteiger partial charge in [-0.3, -0.25) is 5.10 Å². The Bertz CT molecular complexity index is 857. The Hall–Kier alpha value is -2.46. The number of aromatic amines is 1. The van der Waals surface area contributed by atoms with Gasteiger partial charge in [-0.1, -0.05) is 49.4 Å². The van der Waals surface area contributed by atoms with E-state index < -0.39 is 0 Å². The standard InChI is InChI=1S/C23H26FN3/c1-17(18-6-3-2-4-7-18)15-27-13-5-8-20(16-27)23-22(14-25-26-23)19-9-11-21(24)12-10-19/h2-4,6-7,9-12,14,17,20H,5,8,13,15-16H2,1H3,(H,25,26). The highest BCUT2D eigenvalue weighted by Gasteiger charge is 2.26. The number of nitrogens with zero attached hydrogens (tertiary/aromatic N) is 2. The first-order chi connectivity index (χ1) is 13.2. The molecule has 0 radical (unpaired) electrons. The molecular weight excluding hydrogens is 337 g/mol. The van der Waals surface area contributed by atoms with Crippen LogP contribution in [0.3, 0.4) is 0 Å². The zero-order valence-electron chi connectivity index (χ0n) is 15.7. The Morgan fingerprint density at radius 2 is 1.93 bits per heavy atom. The maximum absolute atomic E-state index is 13.3. The zero-order chi connectivity index (χ0) is 18.6. The molecule has 0 bridgehead atoms. The predicted octanol–water partition coefficient (Wildman–Crippen LogP) is 5.20. The van der Waals surface area contributed by atoms with Crippen LogP contribution in [0.2, 0.25) is 0 Å². The summed E-state index contributed by atoms with van der Waals surface area (Å²) in [6.07, 6.45) is 4.22. The van der Waals surface area contributed by atoms with Crippen LogP contribution in [0.15, 0.2) is 60.8 Å². The van der Waals surface area contributed by atoms with E-state index in [2.05, 4.69) is 52.4 Å². The fraction of sp³-hybridized carbons (Fsp3) is 0.348. The monoisotopic (exact) mass is 363 g/mol. The number of aromatic nitrogens is 2. The van der Waals surface area contributed by atoms with Gasteiger partial charge in [-0.2, -0.15) is 5.10 Å². The minimum Gasteiger partial charge on any atom is -0.302 e. The summed E-state index contributed by atoms with van der Waals surface area (Å²) in [5, 5.41) is 7.52. The van der Waals surface area contributed by atoms with Gasteiger partial charge in [0.25, 0.3) is 0 Å². The second-order valence-electron chi connectivity index (χ2n) is 7.61. The van der Waals surface area contributed by atoms with Crippen molar-refractivity contribution in [3.8, 4) is 11.1 Å². The summed E-state index contributed by atoms with van der Waals surface area (Å²) in [7, 11) is 0. The molecular formula is C23H26FN3. The third kappa shape index (κ3) is 4.11. The number of halogens is 1. The smallest absolute Gasteiger partial charge is 0.123 e. The molecule has 1 aromatic heterocycles. The Kier molecular flexibility index (Phi) is 5.35. The van der Waals surface area contributed by atoms with Gasteiger partial charge in [0.2, 0.25) is 0 Å². The van der Waals surface area contributed by atoms with E-state index in [-0.39, 0.29) is 5.82 Å². The van der Waals surface area contributed by atoms with Gasteiger partial charge in [-0.25, -0.2) is 4.39 Å². The van der Waals surface area contributed by atoms with Gasteiger partial charge in [0.1, 0.15) is 5.82 Å². The van der Waals surface area contributed by atoms with Crippen molar-refractivity contribution in [1.82, 2.24) is 15.1 Å². The lowest BCUT2D eigenvalue weighted by atomic mass is 9.89. The zero-order valence-corrected chi connectivity index (χ0v) is 15.7. The fourth-order valence-corrected chi connectivity index (χ4v) is 4.20. The van der Waals surface area contributed by atoms with Gasteiger partial charge in [0.15, 0.2) is 0 Å². The second kappa shape index (κ2) is 8.05. The van der Waals surface area contributed by atoms with E-state index in [0.717, 1.165) is 37.2 Å². The second-order valence-corrected chi connectivity index (χ2v) is 7.61. The fourth-order valence-electron chi connectivity index (χ4n) is 4.20. The van der Waals surface area contributed by atoms with Gasteiger partial charge in [-0.15, -0.1) is 0 Å². The highest BCUT2D eigenvalue weighted by atomic mass is 19.1. The molecule has 1 N–H and O–H groups in total. The summed E-state index contributed by atoms with van der Waals surface area (Å²) < 4.78 is 13.3. The van der Waals surface area contributed by atoms with E-state index in [1.807, 2.05) is 18.3 Å². The molecule has 2 heterocycles. The number of likely N-dealkylation sites (tertiary alicyclic amines) is 1. The lowest BCUT2D eigenvalue weighted by Crippen LogP contribution is -2.37. The van der Waals surface area contributed by atoms with Crippen LogP contribution in [0.25, 0.3) is 11.1 Å². The summed E-state index contributed by atoms with van der Waals surface area (Å²) in [5.41, 5.74) is 4.69. The third-order valence-electron chi connectivity index (χ3n) is 5.64. The van der Waals surface area contributed by atoms with Gasteiger partial charge >= 0.3 is 0 Å². The van der Waals surface area contributed by atoms with Crippen LogP contribution < -0.4 is 0 Å². The molecule has 2 aromatic carbocycles. The van der Waals surface area contributed by atoms with Crippen LogP contribution in [-0.2, 0) is 0 Å². The Morgan fingerprint density at radius 3 is 2.70 bits per heavy atom. The van der Waals surface area contributed by atoms with Crippen molar-refractivity contribution in [2.75, 3.05) is 19.6 Å². The van der Waals surface area contributed by atoms with Crippen LogP contribution >= 0.6 is 0 Å². The van der Waals surface area contributed by atoms with Gasteiger partial charge in [-0.05, 0) is 48.6 Å². The van der Waals surface area contributed by atoms with Crippen molar-refractivity contribution in [3.63, 3.8) is 0 Å². The first kappa shape index (κ1) is 17.9. The largest absolute Gasteiger partial charge is 0.302 e. The molecule has 27 heavy (non-hydrogen) atoms. The summed E-state index contributed by atoms with van der Waals surface area (Å²) in [5.74, 6) is 0.745. The van der Waals surface area contributed by atoms with Crippen LogP contribution in [0.5, 0.6) is 0 Å². The molecule has 0 amide bonds. The van der Waals surface area contributed by atoms with E-state index in [1.54, 1.807) is 0 Å². The molecule has 1 saturated heterocycles. The van der Waals surface area contributed by atoms with Crippen LogP contribution in [-0.4, -0.2) is 34.7 Å². The first-order valence-electron chi connectivity index (χ1n) is 9.77. The van der Waals surface area contributed by atoms with Crippen molar-refractivity contribution in [2.45, 2.75) is 31.6 Å². The number of hydrogen-bond acceptors (Lipinski definition) is 2. The number of hydrogen-bond donors (Lipinski definition) is 1. The molecule has 2 atom stereocenters. The lowest BCUT2D eigenvalue weighted by Gasteiger charge is -2.34. The van der Waals surface area contributed by atoms with E-state index in [1.165, 1.54) is 29.8 Å². The minimum absolute atomic E-state index is 0.206. The van der Waals surface area contributed by atoms with Crippen molar-refractivity contribution >= 4 is 0 Å². The van der Waals surface area contributed by atoms with Gasteiger partial charge in [0.05, 0.1) is 6.20 Å². The molecule has 2 unspecified atom stereocenters. The SMILES string of the molecule is CC(CN1CCCC(c2[nH]ncc2-c2ccc(F)cc2)C1)c1ccccc1. The Balaban J connectivity index is 1.48. The van der Waals surface area contributed by atoms with Crippen molar-refractivity contribution in [3.05, 3.63) is 77.9 Å². The van der Waals surface area contributed by atoms with E-state index in [4.69, 9.17) is 0 Å². The van der Waals surface area contributed by atoms with Crippen LogP contribution in [0, 0.1) is 5.82 Å². The molecule has 0 spiro atoms. The topological polar surface area (TPSA) is 31.9 Å². The van der Waals surface area contributed by atoms with Crippen molar-refractivity contribution in [2.24, 2.45) is 0 Å². The molecule has 0 saturated carbocycles. The maximum Gasteiger partial charge on any atom is 0.123 e. The predicted molar refractivity (Wildman–Crippen MR) is 107 cm³/mol. The molecule has 1 aliphatic rings. The van der Waals surface area contributed by atoms with Crippen LogP contribution in [0.1, 0.15) is 42.9 Å². The summed E-state index contributed by atoms with van der Waals surface area (Å²) in [6.45, 7) is 5.56.